The molecule has 1 aliphatic rings. The number of anilines is 2. The first-order valence-electron chi connectivity index (χ1n) is 10.1. The summed E-state index contributed by atoms with van der Waals surface area (Å²) < 4.78 is 34.2. The summed E-state index contributed by atoms with van der Waals surface area (Å²) in [6.45, 7) is 6.98. The Morgan fingerprint density at radius 2 is 2.03 bits per heavy atom. The molecule has 0 aliphatic heterocycles. The number of hydrogen-bond acceptors (Lipinski definition) is 6. The van der Waals surface area contributed by atoms with E-state index in [2.05, 4.69) is 45.0 Å². The summed E-state index contributed by atoms with van der Waals surface area (Å²) in [6, 6.07) is 1.09. The fourth-order valence-corrected chi connectivity index (χ4v) is 3.88. The van der Waals surface area contributed by atoms with Gasteiger partial charge in [-0.1, -0.05) is 19.6 Å². The monoisotopic (exact) mass is 435 g/mol. The van der Waals surface area contributed by atoms with E-state index < -0.39 is 14.6 Å². The van der Waals surface area contributed by atoms with Gasteiger partial charge in [0, 0.05) is 20.6 Å². The molecule has 0 saturated heterocycles. The van der Waals surface area contributed by atoms with Crippen molar-refractivity contribution < 1.29 is 13.5 Å². The van der Waals surface area contributed by atoms with Crippen LogP contribution in [0, 0.1) is 6.92 Å². The molecule has 1 saturated carbocycles. The molecule has 0 aromatic carbocycles. The second kappa shape index (κ2) is 8.03. The molecule has 30 heavy (non-hydrogen) atoms. The molecule has 0 unspecified atom stereocenters. The van der Waals surface area contributed by atoms with E-state index in [4.69, 9.17) is 4.74 Å². The second-order valence-electron chi connectivity index (χ2n) is 8.95. The van der Waals surface area contributed by atoms with Crippen LogP contribution in [-0.4, -0.2) is 44.0 Å². The number of rotatable bonds is 9. The van der Waals surface area contributed by atoms with Gasteiger partial charge in [0.2, 0.25) is 5.95 Å². The summed E-state index contributed by atoms with van der Waals surface area (Å²) in [6.07, 6.45) is 5.12. The molecular weight excluding hydrogens is 408 g/mol. The molecule has 0 atom stereocenters. The van der Waals surface area contributed by atoms with Gasteiger partial charge in [-0.3, -0.25) is 4.57 Å². The van der Waals surface area contributed by atoms with E-state index in [9.17, 15) is 8.78 Å². The molecule has 0 spiro atoms. The fourth-order valence-electron chi connectivity index (χ4n) is 3.12. The van der Waals surface area contributed by atoms with Crippen LogP contribution in [-0.2, 0) is 11.5 Å². The zero-order valence-electron chi connectivity index (χ0n) is 17.7. The molecule has 0 amide bonds. The predicted octanol–water partition coefficient (Wildman–Crippen LogP) is 4.66. The smallest absolute Gasteiger partial charge is 0.333 e. The van der Waals surface area contributed by atoms with Crippen molar-refractivity contribution in [2.45, 2.75) is 64.6 Å². The standard InChI is InChI=1S/C19H27F2N7OSi/c1-12-14(9-28(26-12)18(20)21)23-19-24-15(13-5-6-13)16-17(25-19)27(10-22-16)11-29-7-8-30(2,3)4/h9-10,13,18H,5-8,11H2,1-4H3,(H,23,24,25). The second-order valence-corrected chi connectivity index (χ2v) is 14.6. The first-order chi connectivity index (χ1) is 14.2. The molecule has 1 N–H and O–H groups in total. The summed E-state index contributed by atoms with van der Waals surface area (Å²) >= 11 is 0. The summed E-state index contributed by atoms with van der Waals surface area (Å²) in [5, 5.41) is 6.88. The van der Waals surface area contributed by atoms with Gasteiger partial charge in [0.25, 0.3) is 0 Å². The van der Waals surface area contributed by atoms with Crippen LogP contribution in [0.2, 0.25) is 25.7 Å². The number of imidazole rings is 1. The number of aromatic nitrogens is 6. The van der Waals surface area contributed by atoms with Crippen LogP contribution < -0.4 is 5.32 Å². The van der Waals surface area contributed by atoms with Crippen molar-refractivity contribution in [3.05, 3.63) is 23.9 Å². The van der Waals surface area contributed by atoms with Gasteiger partial charge in [0.05, 0.1) is 29.6 Å². The molecule has 0 radical (unpaired) electrons. The van der Waals surface area contributed by atoms with Crippen molar-refractivity contribution in [3.63, 3.8) is 0 Å². The zero-order valence-corrected chi connectivity index (χ0v) is 18.7. The van der Waals surface area contributed by atoms with Crippen LogP contribution in [0.25, 0.3) is 11.2 Å². The molecular formula is C19H27F2N7OSi. The number of fused-ring (bicyclic) bond motifs is 1. The first kappa shape index (κ1) is 20.9. The van der Waals surface area contributed by atoms with E-state index in [1.54, 1.807) is 13.3 Å². The number of hydrogen-bond donors (Lipinski definition) is 1. The quantitative estimate of drug-likeness (QED) is 0.389. The Balaban J connectivity index is 1.59. The molecule has 0 bridgehead atoms. The van der Waals surface area contributed by atoms with Gasteiger partial charge < -0.3 is 10.1 Å². The Kier molecular flexibility index (Phi) is 5.58. The third-order valence-corrected chi connectivity index (χ3v) is 6.75. The van der Waals surface area contributed by atoms with E-state index >= 15 is 0 Å². The van der Waals surface area contributed by atoms with Crippen LogP contribution in [0.4, 0.5) is 20.4 Å². The molecule has 162 valence electrons. The summed E-state index contributed by atoms with van der Waals surface area (Å²) in [5.74, 6) is 0.710. The Morgan fingerprint density at radius 3 is 2.67 bits per heavy atom. The fraction of sp³-hybridized carbons (Fsp3) is 0.579. The minimum atomic E-state index is -2.69. The van der Waals surface area contributed by atoms with Gasteiger partial charge >= 0.3 is 6.55 Å². The molecule has 8 nitrogen and oxygen atoms in total. The maximum absolute atomic E-state index is 12.9. The van der Waals surface area contributed by atoms with E-state index in [1.807, 2.05) is 4.57 Å². The summed E-state index contributed by atoms with van der Waals surface area (Å²) in [7, 11) is -1.16. The molecule has 4 rings (SSSR count). The lowest BCUT2D eigenvalue weighted by Crippen LogP contribution is -2.22. The third-order valence-electron chi connectivity index (χ3n) is 5.04. The lowest BCUT2D eigenvalue weighted by atomic mass is 10.2. The number of halogens is 2. The van der Waals surface area contributed by atoms with Gasteiger partial charge in [0.15, 0.2) is 5.65 Å². The van der Waals surface area contributed by atoms with Gasteiger partial charge in [-0.15, -0.1) is 0 Å². The van der Waals surface area contributed by atoms with E-state index in [0.717, 1.165) is 30.1 Å². The summed E-state index contributed by atoms with van der Waals surface area (Å²) in [5.41, 5.74) is 3.25. The van der Waals surface area contributed by atoms with Crippen LogP contribution in [0.5, 0.6) is 0 Å². The maximum atomic E-state index is 12.9. The van der Waals surface area contributed by atoms with Crippen LogP contribution in [0.1, 0.15) is 36.7 Å². The highest BCUT2D eigenvalue weighted by atomic mass is 28.3. The highest BCUT2D eigenvalue weighted by Gasteiger charge is 2.30. The van der Waals surface area contributed by atoms with Crippen LogP contribution in [0.3, 0.4) is 0 Å². The van der Waals surface area contributed by atoms with Gasteiger partial charge in [-0.2, -0.15) is 18.9 Å². The Labute approximate surface area is 174 Å². The maximum Gasteiger partial charge on any atom is 0.333 e. The average molecular weight is 436 g/mol. The third kappa shape index (κ3) is 4.67. The van der Waals surface area contributed by atoms with Crippen molar-refractivity contribution in [1.29, 1.82) is 0 Å². The Morgan fingerprint density at radius 1 is 1.27 bits per heavy atom. The normalized spacial score (nSPS) is 14.8. The minimum absolute atomic E-state index is 0.352. The highest BCUT2D eigenvalue weighted by molar-refractivity contribution is 6.76. The van der Waals surface area contributed by atoms with E-state index in [-0.39, 0.29) is 0 Å². The number of aryl methyl sites for hydroxylation is 1. The van der Waals surface area contributed by atoms with Gasteiger partial charge in [-0.25, -0.2) is 14.6 Å². The molecule has 3 heterocycles. The minimum Gasteiger partial charge on any atom is -0.361 e. The Bertz CT molecular complexity index is 1040. The number of nitrogens with zero attached hydrogens (tertiary/aromatic N) is 6. The highest BCUT2D eigenvalue weighted by Crippen LogP contribution is 2.42. The zero-order chi connectivity index (χ0) is 21.5. The molecule has 1 fully saturated rings. The van der Waals surface area contributed by atoms with Gasteiger partial charge in [-0.05, 0) is 25.8 Å². The number of ether oxygens (including phenoxy) is 1. The van der Waals surface area contributed by atoms with E-state index in [1.165, 1.54) is 6.20 Å². The van der Waals surface area contributed by atoms with Crippen molar-refractivity contribution >= 4 is 30.9 Å². The number of nitrogens with one attached hydrogen (secondary N) is 1. The van der Waals surface area contributed by atoms with Crippen molar-refractivity contribution in [2.75, 3.05) is 11.9 Å². The molecule has 1 aliphatic carbocycles. The molecule has 3 aromatic rings. The first-order valence-corrected chi connectivity index (χ1v) is 13.8. The lowest BCUT2D eigenvalue weighted by Gasteiger charge is -2.15. The van der Waals surface area contributed by atoms with Crippen molar-refractivity contribution in [1.82, 2.24) is 29.3 Å². The van der Waals surface area contributed by atoms with Crippen LogP contribution in [0.15, 0.2) is 12.5 Å². The largest absolute Gasteiger partial charge is 0.361 e. The molecule has 11 heteroatoms. The van der Waals surface area contributed by atoms with E-state index in [0.29, 0.717) is 46.9 Å². The lowest BCUT2D eigenvalue weighted by molar-refractivity contribution is 0.0563. The topological polar surface area (TPSA) is 82.7 Å². The average Bonchev–Trinajstić information content (AvgIpc) is 3.34. The predicted molar refractivity (Wildman–Crippen MR) is 113 cm³/mol. The summed E-state index contributed by atoms with van der Waals surface area (Å²) in [4.78, 5) is 13.8. The van der Waals surface area contributed by atoms with Gasteiger partial charge in [0.1, 0.15) is 12.2 Å². The molecule has 3 aromatic heterocycles. The Hall–Kier alpha value is -2.40. The SMILES string of the molecule is Cc1nn(C(F)F)cc1Nc1nc(C2CC2)c2ncn(COCC[Si](C)(C)C)c2n1. The van der Waals surface area contributed by atoms with Crippen molar-refractivity contribution in [3.8, 4) is 0 Å². The van der Waals surface area contributed by atoms with Crippen LogP contribution >= 0.6 is 0 Å². The number of alkyl halides is 2. The van der Waals surface area contributed by atoms with Crippen molar-refractivity contribution in [2.24, 2.45) is 0 Å².